The van der Waals surface area contributed by atoms with Crippen molar-refractivity contribution >= 4 is 28.9 Å². The highest BCUT2D eigenvalue weighted by atomic mass is 35.5. The van der Waals surface area contributed by atoms with E-state index in [-0.39, 0.29) is 15.7 Å². The number of hydrogen-bond acceptors (Lipinski definition) is 1. The molecule has 1 aromatic rings. The SMILES string of the molecule is Nc1cc(Cl)cc(F)c1Cl. The van der Waals surface area contributed by atoms with Crippen LogP contribution in [0.15, 0.2) is 12.1 Å². The smallest absolute Gasteiger partial charge is 0.145 e. The van der Waals surface area contributed by atoms with E-state index in [4.69, 9.17) is 28.9 Å². The van der Waals surface area contributed by atoms with Crippen molar-refractivity contribution in [1.82, 2.24) is 0 Å². The van der Waals surface area contributed by atoms with Gasteiger partial charge in [-0.15, -0.1) is 0 Å². The molecular weight excluding hydrogens is 176 g/mol. The Morgan fingerprint density at radius 3 is 2.40 bits per heavy atom. The predicted octanol–water partition coefficient (Wildman–Crippen LogP) is 2.71. The highest BCUT2D eigenvalue weighted by Crippen LogP contribution is 2.25. The molecular formula is C6H4Cl2FN. The second-order valence-electron chi connectivity index (χ2n) is 1.79. The molecule has 0 aromatic heterocycles. The van der Waals surface area contributed by atoms with E-state index in [9.17, 15) is 4.39 Å². The van der Waals surface area contributed by atoms with Gasteiger partial charge in [-0.2, -0.15) is 0 Å². The van der Waals surface area contributed by atoms with Gasteiger partial charge in [0.2, 0.25) is 0 Å². The summed E-state index contributed by atoms with van der Waals surface area (Å²) in [5, 5.41) is 0.170. The Morgan fingerprint density at radius 1 is 1.30 bits per heavy atom. The molecule has 0 radical (unpaired) electrons. The van der Waals surface area contributed by atoms with E-state index >= 15 is 0 Å². The van der Waals surface area contributed by atoms with Crippen molar-refractivity contribution in [2.45, 2.75) is 0 Å². The minimum absolute atomic E-state index is 0.0793. The van der Waals surface area contributed by atoms with Gasteiger partial charge in [0.05, 0.1) is 10.7 Å². The minimum atomic E-state index is -0.591. The lowest BCUT2D eigenvalue weighted by Gasteiger charge is -1.98. The van der Waals surface area contributed by atoms with Crippen molar-refractivity contribution in [2.24, 2.45) is 0 Å². The van der Waals surface area contributed by atoms with Crippen molar-refractivity contribution in [3.8, 4) is 0 Å². The standard InChI is InChI=1S/C6H4Cl2FN/c7-3-1-4(9)6(8)5(10)2-3/h1-2H,10H2. The lowest BCUT2D eigenvalue weighted by molar-refractivity contribution is 0.629. The van der Waals surface area contributed by atoms with E-state index < -0.39 is 5.82 Å². The summed E-state index contributed by atoms with van der Waals surface area (Å²) in [4.78, 5) is 0. The maximum atomic E-state index is 12.5. The Labute approximate surface area is 67.5 Å². The topological polar surface area (TPSA) is 26.0 Å². The van der Waals surface area contributed by atoms with Gasteiger partial charge in [0.25, 0.3) is 0 Å². The number of nitrogen functional groups attached to an aromatic ring is 1. The van der Waals surface area contributed by atoms with Crippen LogP contribution >= 0.6 is 23.2 Å². The molecule has 0 spiro atoms. The largest absolute Gasteiger partial charge is 0.397 e. The normalized spacial score (nSPS) is 9.90. The quantitative estimate of drug-likeness (QED) is 0.482. The predicted molar refractivity (Wildman–Crippen MR) is 40.8 cm³/mol. The van der Waals surface area contributed by atoms with E-state index in [0.29, 0.717) is 0 Å². The van der Waals surface area contributed by atoms with Crippen LogP contribution in [-0.2, 0) is 0 Å². The molecule has 0 aliphatic heterocycles. The Balaban J connectivity index is 3.31. The van der Waals surface area contributed by atoms with Gasteiger partial charge in [0.1, 0.15) is 5.82 Å². The lowest BCUT2D eigenvalue weighted by Crippen LogP contribution is -1.88. The van der Waals surface area contributed by atoms with Crippen LogP contribution < -0.4 is 5.73 Å². The second-order valence-corrected chi connectivity index (χ2v) is 2.61. The summed E-state index contributed by atoms with van der Waals surface area (Å²) >= 11 is 10.8. The molecule has 0 amide bonds. The first-order valence-electron chi connectivity index (χ1n) is 2.51. The molecule has 0 saturated heterocycles. The lowest BCUT2D eigenvalue weighted by atomic mass is 10.3. The highest BCUT2D eigenvalue weighted by molar-refractivity contribution is 6.35. The molecule has 0 bridgehead atoms. The van der Waals surface area contributed by atoms with Gasteiger partial charge in [-0.25, -0.2) is 4.39 Å². The van der Waals surface area contributed by atoms with E-state index in [1.54, 1.807) is 0 Å². The maximum Gasteiger partial charge on any atom is 0.145 e. The molecule has 2 N–H and O–H groups in total. The monoisotopic (exact) mass is 179 g/mol. The van der Waals surface area contributed by atoms with Crippen LogP contribution in [0.3, 0.4) is 0 Å². The van der Waals surface area contributed by atoms with E-state index in [0.717, 1.165) is 6.07 Å². The van der Waals surface area contributed by atoms with Crippen LogP contribution in [-0.4, -0.2) is 0 Å². The molecule has 4 heteroatoms. The van der Waals surface area contributed by atoms with Gasteiger partial charge in [-0.05, 0) is 12.1 Å². The maximum absolute atomic E-state index is 12.5. The molecule has 0 aliphatic rings. The molecule has 0 saturated carbocycles. The van der Waals surface area contributed by atoms with E-state index in [1.807, 2.05) is 0 Å². The van der Waals surface area contributed by atoms with Gasteiger partial charge in [-0.1, -0.05) is 23.2 Å². The van der Waals surface area contributed by atoms with Gasteiger partial charge in [0, 0.05) is 5.02 Å². The van der Waals surface area contributed by atoms with E-state index in [2.05, 4.69) is 0 Å². The summed E-state index contributed by atoms with van der Waals surface area (Å²) in [6, 6.07) is 2.51. The second kappa shape index (κ2) is 2.64. The number of benzene rings is 1. The number of hydrogen-bond donors (Lipinski definition) is 1. The van der Waals surface area contributed by atoms with Crippen molar-refractivity contribution < 1.29 is 4.39 Å². The summed E-state index contributed by atoms with van der Waals surface area (Å²) in [6.45, 7) is 0. The molecule has 54 valence electrons. The summed E-state index contributed by atoms with van der Waals surface area (Å²) < 4.78 is 12.5. The van der Waals surface area contributed by atoms with Crippen LogP contribution in [0.1, 0.15) is 0 Å². The molecule has 0 unspecified atom stereocenters. The van der Waals surface area contributed by atoms with Gasteiger partial charge < -0.3 is 5.73 Å². The first kappa shape index (κ1) is 7.63. The molecule has 1 nitrogen and oxygen atoms in total. The third kappa shape index (κ3) is 1.33. The zero-order valence-electron chi connectivity index (χ0n) is 4.87. The number of anilines is 1. The fourth-order valence-electron chi connectivity index (χ4n) is 0.576. The van der Waals surface area contributed by atoms with Crippen LogP contribution in [0.4, 0.5) is 10.1 Å². The fourth-order valence-corrected chi connectivity index (χ4v) is 0.898. The first-order valence-corrected chi connectivity index (χ1v) is 3.27. The summed E-state index contributed by atoms with van der Waals surface area (Å²) in [5.41, 5.74) is 5.42. The molecule has 0 fully saturated rings. The van der Waals surface area contributed by atoms with Gasteiger partial charge >= 0.3 is 0 Å². The average Bonchev–Trinajstić information content (AvgIpc) is 1.82. The molecule has 1 aromatic carbocycles. The summed E-state index contributed by atoms with van der Waals surface area (Å²) in [6.07, 6.45) is 0. The van der Waals surface area contributed by atoms with Crippen molar-refractivity contribution in [2.75, 3.05) is 5.73 Å². The Kier molecular flexibility index (Phi) is 2.02. The molecule has 0 aliphatic carbocycles. The number of nitrogens with two attached hydrogens (primary N) is 1. The third-order valence-corrected chi connectivity index (χ3v) is 1.64. The van der Waals surface area contributed by atoms with Gasteiger partial charge in [-0.3, -0.25) is 0 Å². The fraction of sp³-hybridized carbons (Fsp3) is 0. The van der Waals surface area contributed by atoms with Crippen molar-refractivity contribution in [3.63, 3.8) is 0 Å². The van der Waals surface area contributed by atoms with Crippen LogP contribution in [0, 0.1) is 5.82 Å². The average molecular weight is 180 g/mol. The molecule has 0 heterocycles. The zero-order valence-corrected chi connectivity index (χ0v) is 6.38. The molecule has 0 atom stereocenters. The third-order valence-electron chi connectivity index (χ3n) is 1.02. The van der Waals surface area contributed by atoms with Crippen LogP contribution in [0.5, 0.6) is 0 Å². The van der Waals surface area contributed by atoms with E-state index in [1.165, 1.54) is 6.07 Å². The summed E-state index contributed by atoms with van der Waals surface area (Å²) in [5.74, 6) is -0.591. The highest BCUT2D eigenvalue weighted by Gasteiger charge is 2.03. The Bertz CT molecular complexity index is 239. The van der Waals surface area contributed by atoms with Crippen LogP contribution in [0.25, 0.3) is 0 Å². The number of rotatable bonds is 0. The summed E-state index contributed by atoms with van der Waals surface area (Å²) in [7, 11) is 0. The zero-order chi connectivity index (χ0) is 7.72. The molecule has 1 rings (SSSR count). The molecule has 10 heavy (non-hydrogen) atoms. The van der Waals surface area contributed by atoms with Crippen LogP contribution in [0.2, 0.25) is 10.0 Å². The van der Waals surface area contributed by atoms with Gasteiger partial charge in [0.15, 0.2) is 0 Å². The minimum Gasteiger partial charge on any atom is -0.397 e. The van der Waals surface area contributed by atoms with Crippen molar-refractivity contribution in [3.05, 3.63) is 28.0 Å². The number of halogens is 3. The Hall–Kier alpha value is -0.470. The first-order chi connectivity index (χ1) is 4.61. The van der Waals surface area contributed by atoms with Crippen molar-refractivity contribution in [1.29, 1.82) is 0 Å². The Morgan fingerprint density at radius 2 is 1.90 bits per heavy atom.